The predicted octanol–water partition coefficient (Wildman–Crippen LogP) is 3.69. The zero-order valence-corrected chi connectivity index (χ0v) is 16.3. The first-order chi connectivity index (χ1) is 11.6. The zero-order chi connectivity index (χ0) is 18.7. The average Bonchev–Trinajstić information content (AvgIpc) is 2.52. The molecule has 140 valence electrons. The number of nitrogens with zero attached hydrogens (tertiary/aromatic N) is 1. The van der Waals surface area contributed by atoms with Crippen LogP contribution in [0.4, 0.5) is 4.79 Å². The van der Waals surface area contributed by atoms with E-state index in [1.54, 1.807) is 4.90 Å². The van der Waals surface area contributed by atoms with Gasteiger partial charge in [0.1, 0.15) is 5.60 Å². The van der Waals surface area contributed by atoms with Crippen molar-refractivity contribution >= 4 is 27.8 Å². The van der Waals surface area contributed by atoms with Crippen LogP contribution in [-0.4, -0.2) is 44.7 Å². The first kappa shape index (κ1) is 20.0. The second-order valence-corrected chi connectivity index (χ2v) is 9.18. The molecule has 6 nitrogen and oxygen atoms in total. The number of carbonyl (C=O) groups excluding carboxylic acids is 1. The fraction of sp³-hybridized carbons (Fsp3) is 0.588. The van der Waals surface area contributed by atoms with Gasteiger partial charge in [-0.25, -0.2) is 4.79 Å². The summed E-state index contributed by atoms with van der Waals surface area (Å²) in [6.07, 6.45) is 1.21. The summed E-state index contributed by atoms with van der Waals surface area (Å²) in [7, 11) is -3.84. The smallest absolute Gasteiger partial charge is 0.410 e. The molecule has 2 rings (SSSR count). The highest BCUT2D eigenvalue weighted by molar-refractivity contribution is 7.86. The molecule has 1 unspecified atom stereocenters. The van der Waals surface area contributed by atoms with E-state index in [9.17, 15) is 13.2 Å². The molecule has 1 heterocycles. The maximum absolute atomic E-state index is 12.2. The Morgan fingerprint density at radius 1 is 1.28 bits per heavy atom. The van der Waals surface area contributed by atoms with Gasteiger partial charge in [0.05, 0.1) is 11.5 Å². The third-order valence-corrected chi connectivity index (χ3v) is 5.28. The van der Waals surface area contributed by atoms with E-state index < -0.39 is 15.7 Å². The molecule has 1 amide bonds. The van der Waals surface area contributed by atoms with Crippen molar-refractivity contribution < 1.29 is 22.1 Å². The molecule has 0 spiro atoms. The van der Waals surface area contributed by atoms with Crippen LogP contribution in [0.2, 0.25) is 5.02 Å². The lowest BCUT2D eigenvalue weighted by molar-refractivity contribution is 0.0142. The van der Waals surface area contributed by atoms with E-state index in [1.165, 1.54) is 24.3 Å². The van der Waals surface area contributed by atoms with E-state index in [-0.39, 0.29) is 23.5 Å². The lowest BCUT2D eigenvalue weighted by Crippen LogP contribution is -2.44. The van der Waals surface area contributed by atoms with Crippen molar-refractivity contribution in [2.24, 2.45) is 5.92 Å². The average molecular weight is 390 g/mol. The predicted molar refractivity (Wildman–Crippen MR) is 95.1 cm³/mol. The van der Waals surface area contributed by atoms with Crippen molar-refractivity contribution in [1.82, 2.24) is 4.90 Å². The van der Waals surface area contributed by atoms with E-state index >= 15 is 0 Å². The number of rotatable bonds is 4. The minimum Gasteiger partial charge on any atom is -0.444 e. The van der Waals surface area contributed by atoms with Crippen molar-refractivity contribution in [2.45, 2.75) is 44.1 Å². The summed E-state index contributed by atoms with van der Waals surface area (Å²) >= 11 is 5.77. The fourth-order valence-corrected chi connectivity index (χ4v) is 3.65. The highest BCUT2D eigenvalue weighted by Crippen LogP contribution is 2.22. The molecule has 1 saturated heterocycles. The Bertz CT molecular complexity index is 697. The van der Waals surface area contributed by atoms with Crippen molar-refractivity contribution in [3.05, 3.63) is 29.3 Å². The Hall–Kier alpha value is -1.31. The molecule has 8 heteroatoms. The van der Waals surface area contributed by atoms with Gasteiger partial charge in [-0.2, -0.15) is 8.42 Å². The summed E-state index contributed by atoms with van der Waals surface area (Å²) in [5, 5.41) is 0.458. The number of carbonyl (C=O) groups is 1. The van der Waals surface area contributed by atoms with Crippen LogP contribution < -0.4 is 0 Å². The number of amides is 1. The van der Waals surface area contributed by atoms with Gasteiger partial charge in [-0.3, -0.25) is 4.18 Å². The van der Waals surface area contributed by atoms with Gasteiger partial charge >= 0.3 is 6.09 Å². The molecule has 1 aromatic rings. The number of hydrogen-bond acceptors (Lipinski definition) is 5. The van der Waals surface area contributed by atoms with Crippen LogP contribution in [0, 0.1) is 5.92 Å². The van der Waals surface area contributed by atoms with Gasteiger partial charge in [-0.15, -0.1) is 0 Å². The molecule has 0 aromatic heterocycles. The number of piperidine rings is 1. The maximum atomic E-state index is 12.2. The summed E-state index contributed by atoms with van der Waals surface area (Å²) in [5.74, 6) is -0.0525. The Labute approximate surface area is 154 Å². The van der Waals surface area contributed by atoms with E-state index in [2.05, 4.69) is 0 Å². The second kappa shape index (κ2) is 7.93. The normalized spacial score (nSPS) is 18.9. The standard InChI is InChI=1S/C17H24ClNO5S/c1-17(2,3)24-16(20)19-10-4-5-13(11-19)12-23-25(21,22)15-8-6-14(18)7-9-15/h6-9,13H,4-5,10-12H2,1-3H3. The molecule has 0 radical (unpaired) electrons. The second-order valence-electron chi connectivity index (χ2n) is 7.13. The first-order valence-electron chi connectivity index (χ1n) is 8.20. The molecule has 1 atom stereocenters. The topological polar surface area (TPSA) is 72.9 Å². The molecule has 0 bridgehead atoms. The van der Waals surface area contributed by atoms with Gasteiger partial charge in [0.15, 0.2) is 0 Å². The summed E-state index contributed by atoms with van der Waals surface area (Å²) in [6.45, 7) is 6.50. The molecule has 1 fully saturated rings. The van der Waals surface area contributed by atoms with Gasteiger partial charge in [0, 0.05) is 24.0 Å². The minimum atomic E-state index is -3.84. The number of ether oxygens (including phenoxy) is 1. The Balaban J connectivity index is 1.92. The van der Waals surface area contributed by atoms with Crippen LogP contribution in [0.1, 0.15) is 33.6 Å². The highest BCUT2D eigenvalue weighted by atomic mass is 35.5. The van der Waals surface area contributed by atoms with Gasteiger partial charge in [0.2, 0.25) is 0 Å². The van der Waals surface area contributed by atoms with Crippen LogP contribution in [0.25, 0.3) is 0 Å². The van der Waals surface area contributed by atoms with Crippen LogP contribution in [0.3, 0.4) is 0 Å². The first-order valence-corrected chi connectivity index (χ1v) is 9.98. The van der Waals surface area contributed by atoms with Crippen LogP contribution >= 0.6 is 11.6 Å². The fourth-order valence-electron chi connectivity index (χ4n) is 2.55. The number of hydrogen-bond donors (Lipinski definition) is 0. The summed E-state index contributed by atoms with van der Waals surface area (Å²) in [4.78, 5) is 13.8. The van der Waals surface area contributed by atoms with E-state index in [1.807, 2.05) is 20.8 Å². The summed E-state index contributed by atoms with van der Waals surface area (Å²) < 4.78 is 35.0. The van der Waals surface area contributed by atoms with Crippen LogP contribution in [-0.2, 0) is 19.0 Å². The van der Waals surface area contributed by atoms with Gasteiger partial charge in [0.25, 0.3) is 10.1 Å². The third-order valence-electron chi connectivity index (χ3n) is 3.73. The molecular formula is C17H24ClNO5S. The minimum absolute atomic E-state index is 0.0320. The molecule has 1 aliphatic heterocycles. The highest BCUT2D eigenvalue weighted by Gasteiger charge is 2.29. The van der Waals surface area contributed by atoms with Crippen molar-refractivity contribution in [2.75, 3.05) is 19.7 Å². The molecule has 1 aromatic carbocycles. The monoisotopic (exact) mass is 389 g/mol. The molecule has 0 aliphatic carbocycles. The number of likely N-dealkylation sites (tertiary alicyclic amines) is 1. The molecule has 25 heavy (non-hydrogen) atoms. The van der Waals surface area contributed by atoms with Crippen molar-refractivity contribution in [1.29, 1.82) is 0 Å². The quantitative estimate of drug-likeness (QED) is 0.734. The molecule has 1 aliphatic rings. The van der Waals surface area contributed by atoms with Gasteiger partial charge in [-0.1, -0.05) is 11.6 Å². The molecular weight excluding hydrogens is 366 g/mol. The SMILES string of the molecule is CC(C)(C)OC(=O)N1CCCC(COS(=O)(=O)c2ccc(Cl)cc2)C1. The third kappa shape index (κ3) is 6.17. The van der Waals surface area contributed by atoms with Gasteiger partial charge < -0.3 is 9.64 Å². The largest absolute Gasteiger partial charge is 0.444 e. The van der Waals surface area contributed by atoms with Crippen LogP contribution in [0.15, 0.2) is 29.2 Å². The van der Waals surface area contributed by atoms with Crippen molar-refractivity contribution in [3.63, 3.8) is 0 Å². The van der Waals surface area contributed by atoms with E-state index in [0.717, 1.165) is 12.8 Å². The summed E-state index contributed by atoms with van der Waals surface area (Å²) in [5.41, 5.74) is -0.557. The Kier molecular flexibility index (Phi) is 6.35. The van der Waals surface area contributed by atoms with Crippen molar-refractivity contribution in [3.8, 4) is 0 Å². The Morgan fingerprint density at radius 2 is 1.92 bits per heavy atom. The summed E-state index contributed by atoms with van der Waals surface area (Å²) in [6, 6.07) is 5.82. The molecule has 0 saturated carbocycles. The van der Waals surface area contributed by atoms with Crippen LogP contribution in [0.5, 0.6) is 0 Å². The number of halogens is 1. The Morgan fingerprint density at radius 3 is 2.52 bits per heavy atom. The number of benzene rings is 1. The lowest BCUT2D eigenvalue weighted by Gasteiger charge is -2.33. The lowest BCUT2D eigenvalue weighted by atomic mass is 9.99. The van der Waals surface area contributed by atoms with E-state index in [0.29, 0.717) is 18.1 Å². The maximum Gasteiger partial charge on any atom is 0.410 e. The van der Waals surface area contributed by atoms with E-state index in [4.69, 9.17) is 20.5 Å². The van der Waals surface area contributed by atoms with Gasteiger partial charge in [-0.05, 0) is 57.9 Å². The zero-order valence-electron chi connectivity index (χ0n) is 14.7. The molecule has 0 N–H and O–H groups in total.